The number of aromatic amines is 2. The Balaban J connectivity index is 0.000000300. The van der Waals surface area contributed by atoms with Crippen LogP contribution in [0.25, 0.3) is 0 Å². The number of hydrogen-bond donors (Lipinski definition) is 6. The number of nitrogens with zero attached hydrogens (tertiary/aromatic N) is 4. The first-order chi connectivity index (χ1) is 26.4. The largest absolute Gasteiger partial charge is 1.00 e. The monoisotopic (exact) mass is 824 g/mol. The average Bonchev–Trinajstić information content (AvgIpc) is 3.17. The zero-order chi connectivity index (χ0) is 40.9. The van der Waals surface area contributed by atoms with E-state index >= 15 is 0 Å². The van der Waals surface area contributed by atoms with E-state index in [0.29, 0.717) is 36.8 Å². The van der Waals surface area contributed by atoms with Crippen LogP contribution in [0.15, 0.2) is 68.4 Å². The van der Waals surface area contributed by atoms with Crippen LogP contribution < -0.4 is 20.1 Å². The summed E-state index contributed by atoms with van der Waals surface area (Å²) in [4.78, 5) is 64.1. The molecule has 0 bridgehead atoms. The van der Waals surface area contributed by atoms with Crippen molar-refractivity contribution in [2.24, 2.45) is 0 Å². The number of halogens is 2. The quantitative estimate of drug-likeness (QED) is 0.106. The van der Waals surface area contributed by atoms with Gasteiger partial charge in [0.2, 0.25) is 11.5 Å². The lowest BCUT2D eigenvalue weighted by Gasteiger charge is -2.54. The first-order valence-corrected chi connectivity index (χ1v) is 20.7. The number of aromatic hydroxyl groups is 2. The van der Waals surface area contributed by atoms with Gasteiger partial charge >= 0.3 is 2.85 Å². The molecule has 4 atom stereocenters. The second kappa shape index (κ2) is 17.5. The standard InChI is InChI=1S/2C17H21FN4O5S/c2*1-21(10-11-4-6-12(18)7-5-11)16(25)13-14(23)15(24)20-17(19-13)28(27)9-3-2-8-22(28)26/h2*4-7,22-23,27H,2-3,8-10H2,1H3,(H,19,20,24). The van der Waals surface area contributed by atoms with Gasteiger partial charge in [-0.1, -0.05) is 24.3 Å². The Bertz CT molecular complexity index is 2040. The van der Waals surface area contributed by atoms with Crippen LogP contribution in [0.3, 0.4) is 0 Å². The fourth-order valence-corrected chi connectivity index (χ4v) is 10.3. The number of benzene rings is 2. The van der Waals surface area contributed by atoms with Crippen LogP contribution >= 0.6 is 21.0 Å². The minimum absolute atomic E-state index is 0. The molecule has 2 fully saturated rings. The number of rotatable bonds is 8. The Hall–Kier alpha value is -4.94. The van der Waals surface area contributed by atoms with Gasteiger partial charge in [-0.05, 0) is 61.1 Å². The van der Waals surface area contributed by atoms with E-state index in [4.69, 9.17) is 0 Å². The number of hydrogen-bond acceptors (Lipinski definition) is 12. The van der Waals surface area contributed by atoms with Crippen LogP contribution in [0, 0.1) is 22.0 Å². The zero-order valence-electron chi connectivity index (χ0n) is 32.2. The second-order valence-electron chi connectivity index (χ2n) is 13.1. The van der Waals surface area contributed by atoms with E-state index in [0.717, 1.165) is 0 Å². The van der Waals surface area contributed by atoms with Crippen molar-refractivity contribution in [3.63, 3.8) is 0 Å². The molecule has 0 radical (unpaired) electrons. The summed E-state index contributed by atoms with van der Waals surface area (Å²) in [6.07, 6.45) is 2.26. The first-order valence-electron chi connectivity index (χ1n) is 17.2. The Morgan fingerprint density at radius 2 is 1.05 bits per heavy atom. The van der Waals surface area contributed by atoms with Crippen molar-refractivity contribution in [2.75, 3.05) is 38.7 Å². The molecular weight excluding hydrogens is 783 g/mol. The lowest BCUT2D eigenvalue weighted by Crippen LogP contribution is -3.07. The molecule has 2 amide bonds. The summed E-state index contributed by atoms with van der Waals surface area (Å²) in [6.45, 7) is 0.349. The SMILES string of the molecule is CN(Cc1ccc(F)cc1)C(=O)c1nc(S2([O-])CCCC[NH+]2[O-])[nH]c(=O)c1O.CN(Cc1ccc(F)cc1)C(=O)c1nc(S2([O-])CCCC[NH+]2[O-])[nH]c(=O)c1O.[H+].[H+]. The summed E-state index contributed by atoms with van der Waals surface area (Å²) < 4.78 is 51.1. The summed E-state index contributed by atoms with van der Waals surface area (Å²) in [5.41, 5.74) is -1.99. The zero-order valence-corrected chi connectivity index (χ0v) is 31.8. The summed E-state index contributed by atoms with van der Waals surface area (Å²) in [5.74, 6) is -4.16. The minimum Gasteiger partial charge on any atom is -0.765 e. The van der Waals surface area contributed by atoms with Gasteiger partial charge in [0.15, 0.2) is 21.7 Å². The third-order valence-electron chi connectivity index (χ3n) is 9.00. The number of amides is 2. The Kier molecular flexibility index (Phi) is 13.2. The maximum absolute atomic E-state index is 13.0. The normalized spacial score (nSPS) is 24.4. The molecule has 18 nitrogen and oxygen atoms in total. The Morgan fingerprint density at radius 3 is 1.38 bits per heavy atom. The molecule has 2 saturated heterocycles. The van der Waals surface area contributed by atoms with Gasteiger partial charge in [-0.3, -0.25) is 29.1 Å². The molecule has 4 aromatic rings. The lowest BCUT2D eigenvalue weighted by molar-refractivity contribution is -0.712. The van der Waals surface area contributed by atoms with Crippen molar-refractivity contribution in [2.45, 2.75) is 49.1 Å². The fourth-order valence-electron chi connectivity index (χ4n) is 5.85. The van der Waals surface area contributed by atoms with E-state index < -0.39 is 87.4 Å². The first kappa shape index (κ1) is 42.2. The molecule has 2 aromatic heterocycles. The predicted octanol–water partition coefficient (Wildman–Crippen LogP) is 0.769. The average molecular weight is 825 g/mol. The summed E-state index contributed by atoms with van der Waals surface area (Å²) in [5, 5.41) is 43.6. The van der Waals surface area contributed by atoms with E-state index in [2.05, 4.69) is 19.9 Å². The van der Waals surface area contributed by atoms with Crippen molar-refractivity contribution in [3.8, 4) is 11.5 Å². The van der Waals surface area contributed by atoms with Crippen molar-refractivity contribution in [1.29, 1.82) is 0 Å². The van der Waals surface area contributed by atoms with Gasteiger partial charge in [0.25, 0.3) is 22.9 Å². The third-order valence-corrected chi connectivity index (χ3v) is 14.2. The topological polar surface area (TPSA) is 274 Å². The van der Waals surface area contributed by atoms with Crippen molar-refractivity contribution in [1.82, 2.24) is 29.7 Å². The van der Waals surface area contributed by atoms with E-state index in [1.54, 1.807) is 0 Å². The number of H-pyrrole nitrogens is 2. The second-order valence-corrected chi connectivity index (χ2v) is 18.3. The number of hydroxylamine groups is 2. The van der Waals surface area contributed by atoms with Crippen molar-refractivity contribution < 1.29 is 49.5 Å². The van der Waals surface area contributed by atoms with Gasteiger partial charge in [-0.2, -0.15) is 0 Å². The highest BCUT2D eigenvalue weighted by Gasteiger charge is 2.32. The van der Waals surface area contributed by atoms with Gasteiger partial charge in [0.1, 0.15) is 11.6 Å². The maximum Gasteiger partial charge on any atom is 1.00 e. The maximum atomic E-state index is 13.0. The van der Waals surface area contributed by atoms with E-state index in [1.807, 2.05) is 0 Å². The molecule has 0 spiro atoms. The fraction of sp³-hybridized carbons (Fsp3) is 0.353. The van der Waals surface area contributed by atoms with E-state index in [-0.39, 0.29) is 50.9 Å². The van der Waals surface area contributed by atoms with Crippen LogP contribution in [-0.2, 0) is 13.1 Å². The molecule has 2 aliphatic rings. The molecule has 6 rings (SSSR count). The van der Waals surface area contributed by atoms with E-state index in [1.165, 1.54) is 72.4 Å². The highest BCUT2D eigenvalue weighted by molar-refractivity contribution is 8.23. The summed E-state index contributed by atoms with van der Waals surface area (Å²) >= 11 is 0. The third kappa shape index (κ3) is 9.19. The van der Waals surface area contributed by atoms with Crippen LogP contribution in [0.5, 0.6) is 11.5 Å². The number of nitrogens with one attached hydrogen (secondary N) is 4. The Labute approximate surface area is 324 Å². The number of carbonyl (C=O) groups excluding carboxylic acids is 2. The summed E-state index contributed by atoms with van der Waals surface area (Å²) in [7, 11) is -3.69. The predicted molar refractivity (Wildman–Crippen MR) is 200 cm³/mol. The molecule has 0 aliphatic carbocycles. The molecular formula is C34H42F2N8O10S2. The highest BCUT2D eigenvalue weighted by Crippen LogP contribution is 2.44. The molecule has 56 heavy (non-hydrogen) atoms. The number of aromatic nitrogens is 4. The smallest absolute Gasteiger partial charge is 0.765 e. The number of carbonyl (C=O) groups is 2. The summed E-state index contributed by atoms with van der Waals surface area (Å²) in [6, 6.07) is 10.9. The van der Waals surface area contributed by atoms with Gasteiger partial charge < -0.3 is 48.5 Å². The number of quaternary nitrogens is 2. The van der Waals surface area contributed by atoms with Crippen molar-refractivity contribution >= 4 is 32.8 Å². The van der Waals surface area contributed by atoms with Crippen LogP contribution in [0.2, 0.25) is 0 Å². The van der Waals surface area contributed by atoms with Crippen molar-refractivity contribution in [3.05, 3.63) is 114 Å². The molecule has 6 N–H and O–H groups in total. The van der Waals surface area contributed by atoms with Gasteiger partial charge in [-0.25, -0.2) is 18.7 Å². The van der Waals surface area contributed by atoms with Crippen LogP contribution in [0.4, 0.5) is 8.78 Å². The lowest BCUT2D eigenvalue weighted by atomic mass is 10.2. The molecule has 304 valence electrons. The molecule has 0 saturated carbocycles. The molecule has 2 aliphatic heterocycles. The minimum atomic E-state index is -3.26. The van der Waals surface area contributed by atoms with Crippen LogP contribution in [-0.4, -0.2) is 99.6 Å². The highest BCUT2D eigenvalue weighted by atomic mass is 32.3. The van der Waals surface area contributed by atoms with Gasteiger partial charge in [0.05, 0.1) is 13.1 Å². The molecule has 22 heteroatoms. The van der Waals surface area contributed by atoms with Gasteiger partial charge in [-0.15, -0.1) is 21.0 Å². The molecule has 4 unspecified atom stereocenters. The van der Waals surface area contributed by atoms with E-state index in [9.17, 15) is 57.7 Å². The van der Waals surface area contributed by atoms with Crippen LogP contribution in [0.1, 0.15) is 60.6 Å². The molecule has 2 aromatic carbocycles. The van der Waals surface area contributed by atoms with Gasteiger partial charge in [0, 0.05) is 38.7 Å². The molecule has 4 heterocycles. The Morgan fingerprint density at radius 1 is 0.714 bits per heavy atom.